The van der Waals surface area contributed by atoms with Gasteiger partial charge in [0.2, 0.25) is 5.91 Å². The van der Waals surface area contributed by atoms with E-state index in [-0.39, 0.29) is 11.9 Å². The number of likely N-dealkylation sites (tertiary alicyclic amines) is 1. The Bertz CT molecular complexity index is 1240. The third-order valence-electron chi connectivity index (χ3n) is 6.96. The van der Waals surface area contributed by atoms with E-state index >= 15 is 0 Å². The molecule has 1 saturated heterocycles. The Kier molecular flexibility index (Phi) is 8.67. The highest BCUT2D eigenvalue weighted by Crippen LogP contribution is 2.40. The lowest BCUT2D eigenvalue weighted by molar-refractivity contribution is -0.128. The molecule has 2 atom stereocenters. The fourth-order valence-electron chi connectivity index (χ4n) is 5.14. The Labute approximate surface area is 223 Å². The topological polar surface area (TPSA) is 29.5 Å². The molecular weight excluding hydrogens is 492 g/mol. The first-order valence-electron chi connectivity index (χ1n) is 12.9. The van der Waals surface area contributed by atoms with E-state index in [1.54, 1.807) is 7.11 Å². The first-order valence-corrected chi connectivity index (χ1v) is 15.9. The normalized spacial score (nSPS) is 16.1. The molecule has 3 nitrogen and oxygen atoms in total. The molecular formula is C32H33NO2P2. The van der Waals surface area contributed by atoms with E-state index in [9.17, 15) is 4.79 Å². The summed E-state index contributed by atoms with van der Waals surface area (Å²) in [6.07, 6.45) is 3.65. The maximum atomic E-state index is 14.0. The maximum absolute atomic E-state index is 14.0. The molecule has 4 aromatic carbocycles. The van der Waals surface area contributed by atoms with Crippen molar-refractivity contribution in [3.8, 4) is 5.75 Å². The van der Waals surface area contributed by atoms with Crippen LogP contribution in [-0.4, -0.2) is 42.8 Å². The minimum atomic E-state index is -0.871. The Morgan fingerprint density at radius 3 is 1.84 bits per heavy atom. The molecule has 1 aliphatic rings. The van der Waals surface area contributed by atoms with Gasteiger partial charge in [0.05, 0.1) is 13.3 Å². The van der Waals surface area contributed by atoms with Gasteiger partial charge in [-0.15, -0.1) is 0 Å². The lowest BCUT2D eigenvalue weighted by atomic mass is 10.2. The Hall–Kier alpha value is -2.99. The Balaban J connectivity index is 1.40. The van der Waals surface area contributed by atoms with Gasteiger partial charge >= 0.3 is 0 Å². The molecule has 0 aromatic heterocycles. The summed E-state index contributed by atoms with van der Waals surface area (Å²) < 4.78 is 5.72. The largest absolute Gasteiger partial charge is 0.496 e. The molecule has 37 heavy (non-hydrogen) atoms. The predicted octanol–water partition coefficient (Wildman–Crippen LogP) is 5.25. The number of carbonyl (C=O) groups excluding carboxylic acids is 1. The molecule has 5 rings (SSSR count). The van der Waals surface area contributed by atoms with Crippen LogP contribution in [0.4, 0.5) is 0 Å². The molecule has 1 fully saturated rings. The van der Waals surface area contributed by atoms with Crippen molar-refractivity contribution in [2.24, 2.45) is 0 Å². The van der Waals surface area contributed by atoms with Crippen molar-refractivity contribution in [2.75, 3.05) is 26.0 Å². The van der Waals surface area contributed by atoms with E-state index in [2.05, 4.69) is 95.9 Å². The third kappa shape index (κ3) is 6.12. The summed E-state index contributed by atoms with van der Waals surface area (Å²) in [5, 5.41) is 5.10. The van der Waals surface area contributed by atoms with Gasteiger partial charge in [-0.1, -0.05) is 109 Å². The number of hydrogen-bond donors (Lipinski definition) is 0. The number of nitrogens with zero attached hydrogens (tertiary/aromatic N) is 1. The number of carbonyl (C=O) groups is 1. The lowest BCUT2D eigenvalue weighted by Crippen LogP contribution is -2.40. The van der Waals surface area contributed by atoms with Crippen LogP contribution in [0.5, 0.6) is 5.75 Å². The van der Waals surface area contributed by atoms with Crippen LogP contribution in [-0.2, 0) is 4.79 Å². The van der Waals surface area contributed by atoms with Crippen LogP contribution < -0.4 is 26.0 Å². The summed E-state index contributed by atoms with van der Waals surface area (Å²) in [4.78, 5) is 16.2. The van der Waals surface area contributed by atoms with Crippen molar-refractivity contribution < 1.29 is 9.53 Å². The fourth-order valence-corrected chi connectivity index (χ4v) is 10.0. The quantitative estimate of drug-likeness (QED) is 0.280. The van der Waals surface area contributed by atoms with Gasteiger partial charge in [-0.2, -0.15) is 0 Å². The highest BCUT2D eigenvalue weighted by Gasteiger charge is 2.33. The molecule has 0 bridgehead atoms. The summed E-state index contributed by atoms with van der Waals surface area (Å²) in [7, 11) is 0.305. The smallest absolute Gasteiger partial charge is 0.227 e. The minimum absolute atomic E-state index is 0.263. The van der Waals surface area contributed by atoms with E-state index < -0.39 is 15.8 Å². The van der Waals surface area contributed by atoms with Crippen LogP contribution >= 0.6 is 15.8 Å². The van der Waals surface area contributed by atoms with Crippen LogP contribution in [0.15, 0.2) is 115 Å². The molecule has 0 spiro atoms. The van der Waals surface area contributed by atoms with E-state index in [0.717, 1.165) is 36.6 Å². The lowest BCUT2D eigenvalue weighted by Gasteiger charge is -2.31. The zero-order valence-corrected chi connectivity index (χ0v) is 23.0. The van der Waals surface area contributed by atoms with E-state index in [1.807, 2.05) is 24.3 Å². The molecule has 188 valence electrons. The summed E-state index contributed by atoms with van der Waals surface area (Å²) in [6.45, 7) is 0.847. The summed E-state index contributed by atoms with van der Waals surface area (Å²) >= 11 is 0. The first-order chi connectivity index (χ1) is 18.2. The second-order valence-electron chi connectivity index (χ2n) is 9.26. The molecule has 1 aliphatic heterocycles. The zero-order chi connectivity index (χ0) is 25.5. The number of para-hydroxylation sites is 1. The number of methoxy groups -OCH3 is 1. The highest BCUT2D eigenvalue weighted by molar-refractivity contribution is 7.74. The zero-order valence-electron chi connectivity index (χ0n) is 21.2. The van der Waals surface area contributed by atoms with Gasteiger partial charge in [0.15, 0.2) is 0 Å². The first kappa shape index (κ1) is 25.7. The van der Waals surface area contributed by atoms with Crippen molar-refractivity contribution in [1.29, 1.82) is 0 Å². The average molecular weight is 526 g/mol. The number of ether oxygens (including phenoxy) is 1. The van der Waals surface area contributed by atoms with Gasteiger partial charge < -0.3 is 9.64 Å². The molecule has 0 N–H and O–H groups in total. The molecule has 1 amide bonds. The van der Waals surface area contributed by atoms with Crippen molar-refractivity contribution in [3.05, 3.63) is 115 Å². The van der Waals surface area contributed by atoms with Crippen molar-refractivity contribution in [2.45, 2.75) is 18.9 Å². The van der Waals surface area contributed by atoms with E-state index in [1.165, 1.54) is 15.9 Å². The number of hydrogen-bond acceptors (Lipinski definition) is 2. The predicted molar refractivity (Wildman–Crippen MR) is 159 cm³/mol. The van der Waals surface area contributed by atoms with Gasteiger partial charge in [0.25, 0.3) is 0 Å². The van der Waals surface area contributed by atoms with Crippen LogP contribution in [0.1, 0.15) is 12.8 Å². The molecule has 0 radical (unpaired) electrons. The van der Waals surface area contributed by atoms with Gasteiger partial charge in [-0.05, 0) is 56.8 Å². The number of benzene rings is 4. The van der Waals surface area contributed by atoms with Crippen molar-refractivity contribution in [1.82, 2.24) is 4.90 Å². The van der Waals surface area contributed by atoms with E-state index in [4.69, 9.17) is 4.74 Å². The maximum Gasteiger partial charge on any atom is 0.227 e. The molecule has 1 heterocycles. The Morgan fingerprint density at radius 1 is 0.757 bits per heavy atom. The van der Waals surface area contributed by atoms with Gasteiger partial charge in [0.1, 0.15) is 5.75 Å². The highest BCUT2D eigenvalue weighted by atomic mass is 31.1. The summed E-state index contributed by atoms with van der Waals surface area (Å²) in [5.74, 6) is 1.12. The second kappa shape index (κ2) is 12.5. The second-order valence-corrected chi connectivity index (χ2v) is 13.7. The van der Waals surface area contributed by atoms with E-state index in [0.29, 0.717) is 6.16 Å². The number of amides is 1. The van der Waals surface area contributed by atoms with Gasteiger partial charge in [-0.25, -0.2) is 0 Å². The molecule has 4 aromatic rings. The summed E-state index contributed by atoms with van der Waals surface area (Å²) in [5.41, 5.74) is 0. The summed E-state index contributed by atoms with van der Waals surface area (Å²) in [6, 6.07) is 40.6. The van der Waals surface area contributed by atoms with Gasteiger partial charge in [0, 0.05) is 17.9 Å². The number of rotatable bonds is 9. The standard InChI is InChI=1S/C32H33NO2P2/c1-35-30-21-11-12-22-31(30)37(29-19-9-4-10-20-29)25-32(34)33-23-13-14-26(33)24-36(27-15-5-2-6-16-27)28-17-7-3-8-18-28/h2-12,15-22,26H,13-14,23-25H2,1H3/t26-,37?/m0/s1. The van der Waals surface area contributed by atoms with Crippen LogP contribution in [0.2, 0.25) is 0 Å². The molecule has 0 aliphatic carbocycles. The third-order valence-corrected chi connectivity index (χ3v) is 12.1. The minimum Gasteiger partial charge on any atom is -0.496 e. The SMILES string of the molecule is COc1ccccc1P(CC(=O)N1CCC[C@H]1CP(c1ccccc1)c1ccccc1)c1ccccc1. The monoisotopic (exact) mass is 525 g/mol. The van der Waals surface area contributed by atoms with Crippen molar-refractivity contribution >= 4 is 43.0 Å². The van der Waals surface area contributed by atoms with Crippen LogP contribution in [0.3, 0.4) is 0 Å². The van der Waals surface area contributed by atoms with Gasteiger partial charge in [-0.3, -0.25) is 4.79 Å². The molecule has 5 heteroatoms. The fraction of sp³-hybridized carbons (Fsp3) is 0.219. The average Bonchev–Trinajstić information content (AvgIpc) is 3.44. The molecule has 0 saturated carbocycles. The molecule has 1 unspecified atom stereocenters. The van der Waals surface area contributed by atoms with Crippen molar-refractivity contribution in [3.63, 3.8) is 0 Å². The Morgan fingerprint density at radius 2 is 1.27 bits per heavy atom. The van der Waals surface area contributed by atoms with Crippen LogP contribution in [0, 0.1) is 0 Å². The van der Waals surface area contributed by atoms with Crippen LogP contribution in [0.25, 0.3) is 0 Å².